The Morgan fingerprint density at radius 2 is 1.71 bits per heavy atom. The third-order valence-electron chi connectivity index (χ3n) is 7.21. The average molecular weight is 476 g/mol. The van der Waals surface area contributed by atoms with Gasteiger partial charge in [-0.15, -0.1) is 13.2 Å². The van der Waals surface area contributed by atoms with Crippen molar-refractivity contribution in [3.63, 3.8) is 0 Å². The predicted octanol–water partition coefficient (Wildman–Crippen LogP) is 4.88. The number of hydrogen-bond donors (Lipinski definition) is 1. The first-order chi connectivity index (χ1) is 16.3. The molecule has 182 valence electrons. The van der Waals surface area contributed by atoms with Crippen molar-refractivity contribution >= 4 is 6.03 Å². The van der Waals surface area contributed by atoms with E-state index in [1.165, 1.54) is 24.6 Å². The molecule has 2 fully saturated rings. The first-order valence-corrected chi connectivity index (χ1v) is 11.9. The summed E-state index contributed by atoms with van der Waals surface area (Å²) in [5.41, 5.74) is 2.27. The molecule has 3 heterocycles. The van der Waals surface area contributed by atoms with Crippen molar-refractivity contribution in [1.29, 1.82) is 0 Å². The van der Waals surface area contributed by atoms with Gasteiger partial charge in [-0.05, 0) is 48.9 Å². The highest BCUT2D eigenvalue weighted by Crippen LogP contribution is 2.40. The molecule has 0 radical (unpaired) electrons. The van der Waals surface area contributed by atoms with Crippen molar-refractivity contribution < 1.29 is 22.7 Å². The molecule has 1 N–H and O–H groups in total. The van der Waals surface area contributed by atoms with Crippen LogP contribution in [0.1, 0.15) is 50.1 Å². The molecule has 1 aliphatic carbocycles. The number of benzene rings is 1. The van der Waals surface area contributed by atoms with E-state index in [4.69, 9.17) is 0 Å². The van der Waals surface area contributed by atoms with Crippen LogP contribution in [0.5, 0.6) is 5.75 Å². The number of amides is 2. The molecule has 1 aromatic carbocycles. The predicted molar refractivity (Wildman–Crippen MR) is 121 cm³/mol. The molecule has 1 saturated heterocycles. The average Bonchev–Trinajstić information content (AvgIpc) is 2.80. The van der Waals surface area contributed by atoms with Gasteiger partial charge in [0.2, 0.25) is 0 Å². The van der Waals surface area contributed by atoms with Crippen molar-refractivity contribution in [3.8, 4) is 16.9 Å². The molecule has 9 heteroatoms. The maximum absolute atomic E-state index is 13.0. The van der Waals surface area contributed by atoms with E-state index < -0.39 is 6.36 Å². The van der Waals surface area contributed by atoms with Crippen LogP contribution in [0, 0.1) is 5.92 Å². The fraction of sp³-hybridized carbons (Fsp3) is 0.520. The second-order valence-corrected chi connectivity index (χ2v) is 9.64. The van der Waals surface area contributed by atoms with Crippen LogP contribution in [0.4, 0.5) is 18.0 Å². The highest BCUT2D eigenvalue weighted by atomic mass is 19.4. The van der Waals surface area contributed by atoms with E-state index in [2.05, 4.69) is 10.1 Å². The van der Waals surface area contributed by atoms with E-state index in [0.717, 1.165) is 43.4 Å². The number of nitrogens with zero attached hydrogens (tertiary/aromatic N) is 2. The minimum absolute atomic E-state index is 0.0143. The molecule has 2 bridgehead atoms. The molecular weight excluding hydrogens is 447 g/mol. The Kier molecular flexibility index (Phi) is 6.04. The summed E-state index contributed by atoms with van der Waals surface area (Å²) in [6.45, 7) is 1.66. The Morgan fingerprint density at radius 1 is 0.971 bits per heavy atom. The molecular formula is C25H28F3N3O3. The normalized spacial score (nSPS) is 22.7. The topological polar surface area (TPSA) is 63.6 Å². The number of ether oxygens (including phenoxy) is 1. The molecule has 2 amide bonds. The molecule has 34 heavy (non-hydrogen) atoms. The standard InChI is InChI=1S/C25H28F3N3O3/c26-25(27,28)34-20-8-6-17(7-9-20)21-10-11-22(32)31-14-16-12-18(23(21)31)15-30(13-16)24(33)29-19-4-2-1-3-5-19/h6-11,16,18-19H,1-5,12-15H2,(H,29,33). The number of aromatic nitrogens is 1. The molecule has 6 nitrogen and oxygen atoms in total. The fourth-order valence-electron chi connectivity index (χ4n) is 5.77. The minimum atomic E-state index is -4.75. The van der Waals surface area contributed by atoms with Gasteiger partial charge in [0.1, 0.15) is 5.75 Å². The van der Waals surface area contributed by atoms with Gasteiger partial charge in [-0.3, -0.25) is 4.79 Å². The van der Waals surface area contributed by atoms with Crippen LogP contribution >= 0.6 is 0 Å². The number of rotatable bonds is 3. The van der Waals surface area contributed by atoms with Crippen LogP contribution in [0.3, 0.4) is 0 Å². The second-order valence-electron chi connectivity index (χ2n) is 9.64. The quantitative estimate of drug-likeness (QED) is 0.689. The number of piperidine rings is 1. The minimum Gasteiger partial charge on any atom is -0.406 e. The summed E-state index contributed by atoms with van der Waals surface area (Å²) in [7, 11) is 0. The number of nitrogens with one attached hydrogen (secondary N) is 1. The molecule has 0 spiro atoms. The van der Waals surface area contributed by atoms with E-state index in [9.17, 15) is 22.8 Å². The zero-order valence-corrected chi connectivity index (χ0v) is 18.8. The lowest BCUT2D eigenvalue weighted by atomic mass is 9.80. The number of alkyl halides is 3. The lowest BCUT2D eigenvalue weighted by molar-refractivity contribution is -0.274. The van der Waals surface area contributed by atoms with E-state index in [1.54, 1.807) is 22.8 Å². The molecule has 1 aromatic heterocycles. The van der Waals surface area contributed by atoms with Crippen LogP contribution in [0.15, 0.2) is 41.2 Å². The first kappa shape index (κ1) is 22.8. The molecule has 3 aliphatic rings. The van der Waals surface area contributed by atoms with Gasteiger partial charge in [-0.2, -0.15) is 0 Å². The van der Waals surface area contributed by atoms with Crippen LogP contribution in [0.2, 0.25) is 0 Å². The van der Waals surface area contributed by atoms with Crippen molar-refractivity contribution in [3.05, 3.63) is 52.4 Å². The monoisotopic (exact) mass is 475 g/mol. The van der Waals surface area contributed by atoms with Crippen LogP contribution in [0.25, 0.3) is 11.1 Å². The van der Waals surface area contributed by atoms with E-state index in [1.807, 2.05) is 4.90 Å². The first-order valence-electron chi connectivity index (χ1n) is 11.9. The largest absolute Gasteiger partial charge is 0.573 e. The number of urea groups is 1. The van der Waals surface area contributed by atoms with Gasteiger partial charge in [0, 0.05) is 48.9 Å². The molecule has 2 aromatic rings. The van der Waals surface area contributed by atoms with Gasteiger partial charge < -0.3 is 19.5 Å². The molecule has 5 rings (SSSR count). The lowest BCUT2D eigenvalue weighted by Crippen LogP contribution is -2.53. The SMILES string of the molecule is O=C(NC1CCCCC1)N1CC2CC(C1)c1c(-c3ccc(OC(F)(F)F)cc3)ccc(=O)n1C2. The van der Waals surface area contributed by atoms with Gasteiger partial charge in [-0.1, -0.05) is 31.4 Å². The Hall–Kier alpha value is -2.97. The number of carbonyl (C=O) groups is 1. The number of carbonyl (C=O) groups excluding carboxylic acids is 1. The van der Waals surface area contributed by atoms with Gasteiger partial charge in [0.25, 0.3) is 5.56 Å². The molecule has 2 unspecified atom stereocenters. The van der Waals surface area contributed by atoms with Crippen molar-refractivity contribution in [2.24, 2.45) is 5.92 Å². The summed E-state index contributed by atoms with van der Waals surface area (Å²) in [5.74, 6) is -0.111. The Labute approximate surface area is 195 Å². The van der Waals surface area contributed by atoms with Crippen LogP contribution in [-0.4, -0.2) is 41.0 Å². The summed E-state index contributed by atoms with van der Waals surface area (Å²) < 4.78 is 43.3. The number of hydrogen-bond acceptors (Lipinski definition) is 3. The lowest BCUT2D eigenvalue weighted by Gasteiger charge is -2.44. The molecule has 2 atom stereocenters. The van der Waals surface area contributed by atoms with Crippen molar-refractivity contribution in [1.82, 2.24) is 14.8 Å². The summed E-state index contributed by atoms with van der Waals surface area (Å²) in [5, 5.41) is 3.20. The summed E-state index contributed by atoms with van der Waals surface area (Å²) in [4.78, 5) is 27.6. The Bertz CT molecular complexity index is 1110. The van der Waals surface area contributed by atoms with E-state index >= 15 is 0 Å². The van der Waals surface area contributed by atoms with Gasteiger partial charge in [0.05, 0.1) is 0 Å². The smallest absolute Gasteiger partial charge is 0.406 e. The maximum atomic E-state index is 13.0. The summed E-state index contributed by atoms with van der Waals surface area (Å²) in [6, 6.07) is 9.13. The highest BCUT2D eigenvalue weighted by Gasteiger charge is 2.38. The van der Waals surface area contributed by atoms with Gasteiger partial charge in [0.15, 0.2) is 0 Å². The molecule has 2 aliphatic heterocycles. The van der Waals surface area contributed by atoms with E-state index in [0.29, 0.717) is 25.2 Å². The van der Waals surface area contributed by atoms with Crippen LogP contribution in [-0.2, 0) is 6.54 Å². The maximum Gasteiger partial charge on any atom is 0.573 e. The van der Waals surface area contributed by atoms with Gasteiger partial charge in [-0.25, -0.2) is 4.79 Å². The van der Waals surface area contributed by atoms with Crippen molar-refractivity contribution in [2.75, 3.05) is 13.1 Å². The third-order valence-corrected chi connectivity index (χ3v) is 7.21. The number of pyridine rings is 1. The summed E-state index contributed by atoms with van der Waals surface area (Å²) in [6.07, 6.45) is 1.66. The van der Waals surface area contributed by atoms with Crippen LogP contribution < -0.4 is 15.6 Å². The Balaban J connectivity index is 1.40. The fourth-order valence-corrected chi connectivity index (χ4v) is 5.77. The number of fused-ring (bicyclic) bond motifs is 4. The Morgan fingerprint density at radius 3 is 2.41 bits per heavy atom. The van der Waals surface area contributed by atoms with Gasteiger partial charge >= 0.3 is 12.4 Å². The highest BCUT2D eigenvalue weighted by molar-refractivity contribution is 5.75. The number of likely N-dealkylation sites (tertiary alicyclic amines) is 1. The number of halogens is 3. The zero-order chi connectivity index (χ0) is 23.9. The zero-order valence-electron chi connectivity index (χ0n) is 18.8. The van der Waals surface area contributed by atoms with E-state index in [-0.39, 0.29) is 35.2 Å². The second kappa shape index (κ2) is 9.00. The van der Waals surface area contributed by atoms with Crippen molar-refractivity contribution in [2.45, 2.75) is 63.4 Å². The summed E-state index contributed by atoms with van der Waals surface area (Å²) >= 11 is 0. The molecule has 1 saturated carbocycles. The third kappa shape index (κ3) is 4.79.